The van der Waals surface area contributed by atoms with E-state index in [4.69, 9.17) is 17.3 Å². The van der Waals surface area contributed by atoms with Crippen molar-refractivity contribution >= 4 is 40.4 Å². The van der Waals surface area contributed by atoms with E-state index in [0.29, 0.717) is 26.6 Å². The maximum absolute atomic E-state index is 14.5. The minimum atomic E-state index is -0.782. The maximum atomic E-state index is 14.5. The summed E-state index contributed by atoms with van der Waals surface area (Å²) in [5.41, 5.74) is 6.03. The number of halogens is 3. The zero-order valence-electron chi connectivity index (χ0n) is 13.8. The van der Waals surface area contributed by atoms with Gasteiger partial charge in [-0.15, -0.1) is 0 Å². The van der Waals surface area contributed by atoms with Crippen LogP contribution < -0.4 is 5.73 Å². The van der Waals surface area contributed by atoms with E-state index in [1.165, 1.54) is 36.3 Å². The van der Waals surface area contributed by atoms with Crippen LogP contribution in [0.3, 0.4) is 0 Å². The normalized spacial score (nSPS) is 27.7. The van der Waals surface area contributed by atoms with Crippen LogP contribution in [0.25, 0.3) is 11.9 Å². The lowest BCUT2D eigenvalue weighted by molar-refractivity contribution is 0.400. The first-order valence-corrected chi connectivity index (χ1v) is 9.30. The molecule has 0 bridgehead atoms. The fourth-order valence-corrected chi connectivity index (χ4v) is 4.68. The van der Waals surface area contributed by atoms with E-state index in [-0.39, 0.29) is 11.6 Å². The van der Waals surface area contributed by atoms with Crippen molar-refractivity contribution in [1.29, 1.82) is 0 Å². The third kappa shape index (κ3) is 3.10. The number of hydrogen-bond acceptors (Lipinski definition) is 5. The summed E-state index contributed by atoms with van der Waals surface area (Å²) in [6.45, 7) is 1.86. The maximum Gasteiger partial charge on any atom is 0.218 e. The van der Waals surface area contributed by atoms with Crippen LogP contribution in [0.1, 0.15) is 30.2 Å². The van der Waals surface area contributed by atoms with Crippen molar-refractivity contribution < 1.29 is 8.78 Å². The fourth-order valence-electron chi connectivity index (χ4n) is 3.28. The fraction of sp³-hybridized carbons (Fsp3) is 0.278. The van der Waals surface area contributed by atoms with Crippen molar-refractivity contribution in [3.63, 3.8) is 0 Å². The van der Waals surface area contributed by atoms with Crippen LogP contribution in [-0.2, 0) is 5.54 Å². The Morgan fingerprint density at radius 3 is 2.92 bits per heavy atom. The monoisotopic (exact) mass is 392 g/mol. The van der Waals surface area contributed by atoms with Gasteiger partial charge in [0.05, 0.1) is 16.3 Å². The molecule has 1 aliphatic heterocycles. The predicted octanol–water partition coefficient (Wildman–Crippen LogP) is 4.40. The molecule has 0 spiro atoms. The highest BCUT2D eigenvalue weighted by Crippen LogP contribution is 2.57. The van der Waals surface area contributed by atoms with Crippen LogP contribution in [0.4, 0.5) is 8.78 Å². The molecule has 1 fully saturated rings. The number of amidine groups is 1. The molecule has 0 amide bonds. The molecule has 26 heavy (non-hydrogen) atoms. The molecular formula is C18H15ClF2N4S. The highest BCUT2D eigenvalue weighted by molar-refractivity contribution is 8.14. The van der Waals surface area contributed by atoms with Crippen molar-refractivity contribution in [3.8, 4) is 0 Å². The molecule has 0 radical (unpaired) electrons. The third-order valence-electron chi connectivity index (χ3n) is 4.74. The molecule has 1 saturated carbocycles. The van der Waals surface area contributed by atoms with Gasteiger partial charge in [0.2, 0.25) is 5.95 Å². The van der Waals surface area contributed by atoms with Crippen LogP contribution in [-0.4, -0.2) is 20.4 Å². The Labute approximate surface area is 158 Å². The molecule has 0 aromatic carbocycles. The Balaban J connectivity index is 1.72. The van der Waals surface area contributed by atoms with Crippen LogP contribution >= 0.6 is 23.4 Å². The lowest BCUT2D eigenvalue weighted by atomic mass is 9.87. The smallest absolute Gasteiger partial charge is 0.218 e. The molecule has 8 heteroatoms. The molecule has 3 unspecified atom stereocenters. The Bertz CT molecular complexity index is 931. The molecule has 3 atom stereocenters. The largest absolute Gasteiger partial charge is 0.379 e. The molecule has 1 aliphatic carbocycles. The SMILES string of the molecule is CC1(c2cc(C=C(F)c3ccc(Cl)cn3)cnc2F)N=C(N)SC2CC21. The van der Waals surface area contributed by atoms with E-state index >= 15 is 0 Å². The van der Waals surface area contributed by atoms with Gasteiger partial charge in [-0.1, -0.05) is 23.4 Å². The Kier molecular flexibility index (Phi) is 4.23. The number of nitrogens with zero attached hydrogens (tertiary/aromatic N) is 3. The minimum Gasteiger partial charge on any atom is -0.379 e. The van der Waals surface area contributed by atoms with E-state index in [1.54, 1.807) is 12.1 Å². The number of nitrogens with two attached hydrogens (primary N) is 1. The van der Waals surface area contributed by atoms with Crippen LogP contribution in [0.2, 0.25) is 5.02 Å². The van der Waals surface area contributed by atoms with Crippen molar-refractivity contribution in [1.82, 2.24) is 9.97 Å². The quantitative estimate of drug-likeness (QED) is 0.786. The van der Waals surface area contributed by atoms with Crippen molar-refractivity contribution in [2.24, 2.45) is 16.6 Å². The van der Waals surface area contributed by atoms with Gasteiger partial charge in [-0.25, -0.2) is 9.37 Å². The lowest BCUT2D eigenvalue weighted by Crippen LogP contribution is -2.32. The average molecular weight is 393 g/mol. The second-order valence-electron chi connectivity index (χ2n) is 6.56. The average Bonchev–Trinajstić information content (AvgIpc) is 3.37. The molecule has 2 N–H and O–H groups in total. The van der Waals surface area contributed by atoms with Crippen LogP contribution in [0, 0.1) is 11.9 Å². The van der Waals surface area contributed by atoms with Crippen LogP contribution in [0.5, 0.6) is 0 Å². The molecule has 4 nitrogen and oxygen atoms in total. The molecule has 2 aliphatic rings. The summed E-state index contributed by atoms with van der Waals surface area (Å²) >= 11 is 7.29. The first-order chi connectivity index (χ1) is 12.4. The van der Waals surface area contributed by atoms with Gasteiger partial charge < -0.3 is 5.73 Å². The first kappa shape index (κ1) is 17.4. The summed E-state index contributed by atoms with van der Waals surface area (Å²) in [6.07, 6.45) is 4.84. The summed E-state index contributed by atoms with van der Waals surface area (Å²) in [7, 11) is 0. The lowest BCUT2D eigenvalue weighted by Gasteiger charge is -2.30. The predicted molar refractivity (Wildman–Crippen MR) is 101 cm³/mol. The number of pyridine rings is 2. The number of fused-ring (bicyclic) bond motifs is 1. The van der Waals surface area contributed by atoms with Gasteiger partial charge in [0.25, 0.3) is 0 Å². The van der Waals surface area contributed by atoms with E-state index in [1.807, 2.05) is 6.92 Å². The number of hydrogen-bond donors (Lipinski definition) is 1. The molecule has 134 valence electrons. The molecule has 2 aromatic rings. The second kappa shape index (κ2) is 6.32. The summed E-state index contributed by atoms with van der Waals surface area (Å²) in [4.78, 5) is 12.2. The zero-order chi connectivity index (χ0) is 18.5. The molecule has 0 saturated heterocycles. The van der Waals surface area contributed by atoms with Gasteiger partial charge in [0.15, 0.2) is 5.17 Å². The van der Waals surface area contributed by atoms with Gasteiger partial charge in [-0.05, 0) is 43.2 Å². The van der Waals surface area contributed by atoms with Crippen LogP contribution in [0.15, 0.2) is 35.6 Å². The summed E-state index contributed by atoms with van der Waals surface area (Å²) in [6, 6.07) is 4.61. The number of aromatic nitrogens is 2. The van der Waals surface area contributed by atoms with E-state index in [9.17, 15) is 8.78 Å². The first-order valence-electron chi connectivity index (χ1n) is 8.04. The second-order valence-corrected chi connectivity index (χ2v) is 8.25. The Morgan fingerprint density at radius 2 is 2.19 bits per heavy atom. The number of thioether (sulfide) groups is 1. The van der Waals surface area contributed by atoms with Gasteiger partial charge in [0.1, 0.15) is 5.83 Å². The summed E-state index contributed by atoms with van der Waals surface area (Å²) in [5, 5.41) is 1.22. The van der Waals surface area contributed by atoms with Crippen molar-refractivity contribution in [2.75, 3.05) is 0 Å². The molecular weight excluding hydrogens is 378 g/mol. The summed E-state index contributed by atoms with van der Waals surface area (Å²) < 4.78 is 28.9. The summed E-state index contributed by atoms with van der Waals surface area (Å²) in [5.74, 6) is -0.959. The van der Waals surface area contributed by atoms with Gasteiger partial charge >= 0.3 is 0 Å². The van der Waals surface area contributed by atoms with Crippen molar-refractivity contribution in [3.05, 3.63) is 58.4 Å². The minimum absolute atomic E-state index is 0.144. The van der Waals surface area contributed by atoms with Gasteiger partial charge in [0, 0.05) is 29.1 Å². The Morgan fingerprint density at radius 1 is 1.38 bits per heavy atom. The van der Waals surface area contributed by atoms with Gasteiger partial charge in [-0.2, -0.15) is 4.39 Å². The van der Waals surface area contributed by atoms with Crippen molar-refractivity contribution in [2.45, 2.75) is 24.1 Å². The molecule has 2 aromatic heterocycles. The number of rotatable bonds is 3. The Hall–Kier alpha value is -1.99. The van der Waals surface area contributed by atoms with Gasteiger partial charge in [-0.3, -0.25) is 9.98 Å². The topological polar surface area (TPSA) is 64.2 Å². The molecule has 4 rings (SSSR count). The molecule has 3 heterocycles. The zero-order valence-corrected chi connectivity index (χ0v) is 15.4. The van der Waals surface area contributed by atoms with E-state index in [0.717, 1.165) is 6.42 Å². The van der Waals surface area contributed by atoms with E-state index in [2.05, 4.69) is 15.0 Å². The highest BCUT2D eigenvalue weighted by atomic mass is 35.5. The standard InChI is InChI=1S/C18H15ClF2N4S/c1-18(11-6-15(11)26-17(22)25-18)12-4-9(7-24-16(12)21)5-13(20)14-3-2-10(19)8-23-14/h2-5,7-8,11,15H,6H2,1H3,(H2,22,25). The van der Waals surface area contributed by atoms with E-state index < -0.39 is 17.3 Å². The highest BCUT2D eigenvalue weighted by Gasteiger charge is 2.55. The number of aliphatic imine (C=N–C) groups is 1. The third-order valence-corrected chi connectivity index (χ3v) is 6.12.